The zero-order valence-electron chi connectivity index (χ0n) is 5.84. The summed E-state index contributed by atoms with van der Waals surface area (Å²) in [6.07, 6.45) is 8.06. The molecule has 3 unspecified atom stereocenters. The lowest BCUT2D eigenvalue weighted by atomic mass is 9.73. The summed E-state index contributed by atoms with van der Waals surface area (Å²) >= 11 is 0. The molecule has 2 rings (SSSR count). The summed E-state index contributed by atoms with van der Waals surface area (Å²) in [5.41, 5.74) is 0. The normalized spacial score (nSPS) is 42.5. The van der Waals surface area contributed by atoms with Crippen LogP contribution in [0, 0.1) is 24.2 Å². The number of nitrogens with one attached hydrogen (secondary N) is 1. The van der Waals surface area contributed by atoms with E-state index in [0.717, 1.165) is 11.8 Å². The van der Waals surface area contributed by atoms with Crippen molar-refractivity contribution in [1.29, 1.82) is 0 Å². The summed E-state index contributed by atoms with van der Waals surface area (Å²) < 4.78 is 0. The maximum Gasteiger partial charge on any atom is 0.0718 e. The highest BCUT2D eigenvalue weighted by atomic mass is 35.5. The fourth-order valence-corrected chi connectivity index (χ4v) is 1.90. The molecule has 10 heavy (non-hydrogen) atoms. The van der Waals surface area contributed by atoms with E-state index in [-0.39, 0.29) is 12.4 Å². The maximum atomic E-state index is 5.31. The smallest absolute Gasteiger partial charge is 0.0718 e. The van der Waals surface area contributed by atoms with Crippen molar-refractivity contribution in [1.82, 2.24) is 5.32 Å². The van der Waals surface area contributed by atoms with E-state index in [1.165, 1.54) is 19.4 Å². The van der Waals surface area contributed by atoms with E-state index >= 15 is 0 Å². The van der Waals surface area contributed by atoms with Crippen molar-refractivity contribution in [2.75, 3.05) is 6.54 Å². The Balaban J connectivity index is 0.000000500. The minimum absolute atomic E-state index is 0. The first-order valence-electron chi connectivity index (χ1n) is 3.61. The van der Waals surface area contributed by atoms with Gasteiger partial charge in [0.2, 0.25) is 0 Å². The van der Waals surface area contributed by atoms with Gasteiger partial charge in [-0.25, -0.2) is 0 Å². The number of rotatable bonds is 0. The second-order valence-corrected chi connectivity index (χ2v) is 3.05. The molecule has 2 fully saturated rings. The quantitative estimate of drug-likeness (QED) is 0.519. The summed E-state index contributed by atoms with van der Waals surface area (Å²) in [4.78, 5) is 0. The molecule has 2 aliphatic rings. The van der Waals surface area contributed by atoms with Gasteiger partial charge >= 0.3 is 0 Å². The van der Waals surface area contributed by atoms with Crippen molar-refractivity contribution in [2.45, 2.75) is 18.9 Å². The van der Waals surface area contributed by atoms with Crippen LogP contribution in [0.1, 0.15) is 12.8 Å². The van der Waals surface area contributed by atoms with E-state index in [2.05, 4.69) is 11.2 Å². The van der Waals surface area contributed by atoms with Gasteiger partial charge in [0.05, 0.1) is 6.04 Å². The second-order valence-electron chi connectivity index (χ2n) is 3.05. The van der Waals surface area contributed by atoms with Crippen molar-refractivity contribution in [3.05, 3.63) is 0 Å². The van der Waals surface area contributed by atoms with Crippen molar-refractivity contribution in [3.63, 3.8) is 0 Å². The Morgan fingerprint density at radius 3 is 2.50 bits per heavy atom. The molecular weight excluding hydrogens is 146 g/mol. The fraction of sp³-hybridized carbons (Fsp3) is 0.750. The molecule has 1 heterocycles. The van der Waals surface area contributed by atoms with Crippen LogP contribution < -0.4 is 5.32 Å². The van der Waals surface area contributed by atoms with Crippen LogP contribution in [0.5, 0.6) is 0 Å². The van der Waals surface area contributed by atoms with E-state index in [1.54, 1.807) is 0 Å². The molecule has 1 aliphatic heterocycles. The lowest BCUT2D eigenvalue weighted by Crippen LogP contribution is -2.30. The fourth-order valence-electron chi connectivity index (χ4n) is 1.90. The van der Waals surface area contributed by atoms with Crippen LogP contribution in [-0.2, 0) is 0 Å². The van der Waals surface area contributed by atoms with Crippen molar-refractivity contribution < 1.29 is 0 Å². The van der Waals surface area contributed by atoms with Gasteiger partial charge < -0.3 is 5.32 Å². The Labute approximate surface area is 68.0 Å². The minimum atomic E-state index is 0. The van der Waals surface area contributed by atoms with Gasteiger partial charge in [0.25, 0.3) is 0 Å². The van der Waals surface area contributed by atoms with Gasteiger partial charge in [-0.2, -0.15) is 0 Å². The zero-order chi connectivity index (χ0) is 6.27. The van der Waals surface area contributed by atoms with Crippen LogP contribution in [0.2, 0.25) is 0 Å². The van der Waals surface area contributed by atoms with E-state index < -0.39 is 0 Å². The van der Waals surface area contributed by atoms with Crippen molar-refractivity contribution in [3.8, 4) is 12.3 Å². The summed E-state index contributed by atoms with van der Waals surface area (Å²) in [7, 11) is 0. The maximum absolute atomic E-state index is 5.31. The Morgan fingerprint density at radius 2 is 2.20 bits per heavy atom. The molecule has 0 aromatic heterocycles. The van der Waals surface area contributed by atoms with Crippen molar-refractivity contribution in [2.24, 2.45) is 11.8 Å². The molecule has 1 saturated heterocycles. The molecule has 0 aromatic carbocycles. The molecule has 3 atom stereocenters. The number of hydrogen-bond acceptors (Lipinski definition) is 1. The van der Waals surface area contributed by atoms with Crippen molar-refractivity contribution >= 4 is 12.4 Å². The SMILES string of the molecule is C#CC1NCC2CCC21.Cl. The molecule has 1 saturated carbocycles. The molecule has 2 heteroatoms. The topological polar surface area (TPSA) is 12.0 Å². The van der Waals surface area contributed by atoms with E-state index in [9.17, 15) is 0 Å². The highest BCUT2D eigenvalue weighted by Crippen LogP contribution is 2.39. The van der Waals surface area contributed by atoms with Crippen LogP contribution in [0.25, 0.3) is 0 Å². The molecule has 56 valence electrons. The molecule has 0 radical (unpaired) electrons. The lowest BCUT2D eigenvalue weighted by Gasteiger charge is -2.30. The minimum Gasteiger partial charge on any atom is -0.303 e. The first kappa shape index (κ1) is 7.91. The Hall–Kier alpha value is -0.190. The zero-order valence-corrected chi connectivity index (χ0v) is 6.66. The summed E-state index contributed by atoms with van der Waals surface area (Å²) in [5.74, 6) is 4.54. The molecule has 0 aromatic rings. The third kappa shape index (κ3) is 0.923. The van der Waals surface area contributed by atoms with Gasteiger partial charge in [-0.3, -0.25) is 0 Å². The molecule has 1 N–H and O–H groups in total. The van der Waals surface area contributed by atoms with E-state index in [4.69, 9.17) is 6.42 Å². The Morgan fingerprint density at radius 1 is 1.40 bits per heavy atom. The van der Waals surface area contributed by atoms with Gasteiger partial charge in [-0.05, 0) is 31.2 Å². The van der Waals surface area contributed by atoms with Gasteiger partial charge in [0, 0.05) is 0 Å². The van der Waals surface area contributed by atoms with Crippen LogP contribution in [0.15, 0.2) is 0 Å². The number of hydrogen-bond donors (Lipinski definition) is 1. The molecule has 1 aliphatic carbocycles. The number of halogens is 1. The monoisotopic (exact) mass is 157 g/mol. The highest BCUT2D eigenvalue weighted by Gasteiger charge is 2.40. The molecule has 1 nitrogen and oxygen atoms in total. The largest absolute Gasteiger partial charge is 0.303 e. The van der Waals surface area contributed by atoms with Crippen LogP contribution in [0.4, 0.5) is 0 Å². The average Bonchev–Trinajstić information content (AvgIpc) is 2.07. The Kier molecular flexibility index (Phi) is 2.23. The van der Waals surface area contributed by atoms with Gasteiger partial charge in [0.15, 0.2) is 0 Å². The number of terminal acetylenes is 1. The summed E-state index contributed by atoms with van der Waals surface area (Å²) in [6, 6.07) is 0.406. The summed E-state index contributed by atoms with van der Waals surface area (Å²) in [6.45, 7) is 1.17. The third-order valence-electron chi connectivity index (χ3n) is 2.68. The molecule has 0 bridgehead atoms. The van der Waals surface area contributed by atoms with Gasteiger partial charge in [0.1, 0.15) is 0 Å². The number of fused-ring (bicyclic) bond motifs is 1. The second kappa shape index (κ2) is 2.82. The summed E-state index contributed by atoms with van der Waals surface area (Å²) in [5, 5.41) is 3.33. The average molecular weight is 158 g/mol. The predicted molar refractivity (Wildman–Crippen MR) is 44.1 cm³/mol. The van der Waals surface area contributed by atoms with Crippen LogP contribution in [-0.4, -0.2) is 12.6 Å². The third-order valence-corrected chi connectivity index (χ3v) is 2.68. The van der Waals surface area contributed by atoms with Gasteiger partial charge in [-0.15, -0.1) is 18.8 Å². The molecule has 0 amide bonds. The Bertz CT molecular complexity index is 161. The first-order valence-corrected chi connectivity index (χ1v) is 3.61. The highest BCUT2D eigenvalue weighted by molar-refractivity contribution is 5.85. The first-order chi connectivity index (χ1) is 4.42. The van der Waals surface area contributed by atoms with E-state index in [1.807, 2.05) is 0 Å². The van der Waals surface area contributed by atoms with Crippen LogP contribution in [0.3, 0.4) is 0 Å². The predicted octanol–water partition coefficient (Wildman–Crippen LogP) is 1.04. The molecule has 0 spiro atoms. The molecular formula is C8H12ClN. The van der Waals surface area contributed by atoms with Crippen LogP contribution >= 0.6 is 12.4 Å². The van der Waals surface area contributed by atoms with Gasteiger partial charge in [-0.1, -0.05) is 5.92 Å². The standard InChI is InChI=1S/C8H11N.ClH/c1-2-8-7-4-3-6(7)5-9-8;/h1,6-9H,3-5H2;1H. The lowest BCUT2D eigenvalue weighted by molar-refractivity contribution is 0.227. The van der Waals surface area contributed by atoms with E-state index in [0.29, 0.717) is 6.04 Å².